The molecule has 0 aliphatic carbocycles. The third kappa shape index (κ3) is 3.10. The molecule has 0 amide bonds. The van der Waals surface area contributed by atoms with Gasteiger partial charge in [-0.25, -0.2) is 4.98 Å². The number of fused-ring (bicyclic) bond motifs is 1. The first-order valence-corrected chi connectivity index (χ1v) is 7.38. The van der Waals surface area contributed by atoms with Gasteiger partial charge < -0.3 is 10.6 Å². The highest BCUT2D eigenvalue weighted by atomic mass is 15.2. The van der Waals surface area contributed by atoms with Crippen LogP contribution in [-0.2, 0) is 6.54 Å². The Balaban J connectivity index is 2.59. The van der Waals surface area contributed by atoms with Gasteiger partial charge in [0.15, 0.2) is 0 Å². The number of rotatable bonds is 5. The summed E-state index contributed by atoms with van der Waals surface area (Å²) in [4.78, 5) is 7.18. The van der Waals surface area contributed by atoms with E-state index in [4.69, 9.17) is 10.7 Å². The highest BCUT2D eigenvalue weighted by Gasteiger charge is 2.17. The lowest BCUT2D eigenvalue weighted by atomic mass is 10.1. The summed E-state index contributed by atoms with van der Waals surface area (Å²) < 4.78 is 0. The van der Waals surface area contributed by atoms with Crippen molar-refractivity contribution >= 4 is 16.6 Å². The van der Waals surface area contributed by atoms with Crippen LogP contribution in [-0.4, -0.2) is 17.6 Å². The molecule has 0 radical (unpaired) electrons. The summed E-state index contributed by atoms with van der Waals surface area (Å²) in [6, 6.07) is 10.9. The molecule has 1 aromatic carbocycles. The molecular formula is C17H25N3. The lowest BCUT2D eigenvalue weighted by Crippen LogP contribution is -2.35. The maximum Gasteiger partial charge on any atom is 0.137 e. The number of hydrogen-bond acceptors (Lipinski definition) is 3. The lowest BCUT2D eigenvalue weighted by molar-refractivity contribution is 0.567. The third-order valence-corrected chi connectivity index (χ3v) is 3.44. The van der Waals surface area contributed by atoms with Crippen LogP contribution >= 0.6 is 0 Å². The number of nitrogens with zero attached hydrogens (tertiary/aromatic N) is 2. The molecule has 2 N–H and O–H groups in total. The Morgan fingerprint density at radius 3 is 2.45 bits per heavy atom. The largest absolute Gasteiger partial charge is 0.353 e. The minimum absolute atomic E-state index is 0.418. The molecule has 0 bridgehead atoms. The van der Waals surface area contributed by atoms with Gasteiger partial charge in [-0.05, 0) is 31.2 Å². The van der Waals surface area contributed by atoms with E-state index in [9.17, 15) is 0 Å². The van der Waals surface area contributed by atoms with Crippen molar-refractivity contribution in [1.29, 1.82) is 0 Å². The second-order valence-corrected chi connectivity index (χ2v) is 6.00. The van der Waals surface area contributed by atoms with Crippen molar-refractivity contribution in [3.63, 3.8) is 0 Å². The van der Waals surface area contributed by atoms with Crippen LogP contribution in [0, 0.1) is 5.92 Å². The molecule has 3 heteroatoms. The number of hydrogen-bond donors (Lipinski definition) is 1. The molecule has 108 valence electrons. The van der Waals surface area contributed by atoms with Gasteiger partial charge in [0.05, 0.1) is 5.69 Å². The Morgan fingerprint density at radius 1 is 1.15 bits per heavy atom. The van der Waals surface area contributed by atoms with E-state index in [-0.39, 0.29) is 0 Å². The Hall–Kier alpha value is -1.61. The number of nitrogens with two attached hydrogens (primary N) is 1. The number of pyridine rings is 1. The number of aromatic nitrogens is 1. The van der Waals surface area contributed by atoms with Gasteiger partial charge in [0.2, 0.25) is 0 Å². The highest BCUT2D eigenvalue weighted by molar-refractivity contribution is 5.92. The molecule has 0 unspecified atom stereocenters. The second kappa shape index (κ2) is 6.23. The molecule has 3 nitrogen and oxygen atoms in total. The fraction of sp³-hybridized carbons (Fsp3) is 0.471. The van der Waals surface area contributed by atoms with Gasteiger partial charge in [0.25, 0.3) is 0 Å². The van der Waals surface area contributed by atoms with Crippen molar-refractivity contribution in [3.8, 4) is 0 Å². The Kier molecular flexibility index (Phi) is 4.61. The van der Waals surface area contributed by atoms with Gasteiger partial charge in [0.1, 0.15) is 5.82 Å². The topological polar surface area (TPSA) is 42.2 Å². The second-order valence-electron chi connectivity index (χ2n) is 6.00. The lowest BCUT2D eigenvalue weighted by Gasteiger charge is -2.31. The maximum absolute atomic E-state index is 5.81. The first-order valence-electron chi connectivity index (χ1n) is 7.38. The van der Waals surface area contributed by atoms with Crippen molar-refractivity contribution in [2.45, 2.75) is 40.3 Å². The van der Waals surface area contributed by atoms with E-state index in [1.165, 1.54) is 10.8 Å². The summed E-state index contributed by atoms with van der Waals surface area (Å²) in [5.74, 6) is 1.66. The molecule has 2 rings (SSSR count). The van der Waals surface area contributed by atoms with Gasteiger partial charge >= 0.3 is 0 Å². The Bertz CT molecular complexity index is 575. The van der Waals surface area contributed by atoms with E-state index in [1.807, 2.05) is 0 Å². The van der Waals surface area contributed by atoms with Gasteiger partial charge in [-0.2, -0.15) is 0 Å². The standard InChI is InChI=1S/C17H25N3/c1-12(2)11-20(13(3)4)17-16-8-6-5-7-14(16)9-15(10-18)19-17/h5-9,12-13H,10-11,18H2,1-4H3. The molecule has 0 atom stereocenters. The molecule has 0 fully saturated rings. The molecule has 2 aromatic rings. The van der Waals surface area contributed by atoms with Crippen molar-refractivity contribution in [3.05, 3.63) is 36.0 Å². The normalized spacial score (nSPS) is 11.6. The minimum atomic E-state index is 0.418. The zero-order valence-electron chi connectivity index (χ0n) is 12.9. The van der Waals surface area contributed by atoms with Crippen molar-refractivity contribution in [2.24, 2.45) is 11.7 Å². The minimum Gasteiger partial charge on any atom is -0.353 e. The Morgan fingerprint density at radius 2 is 1.85 bits per heavy atom. The molecule has 0 aliphatic heterocycles. The van der Waals surface area contributed by atoms with Gasteiger partial charge in [0, 0.05) is 24.5 Å². The van der Waals surface area contributed by atoms with E-state index < -0.39 is 0 Å². The molecule has 0 aliphatic rings. The van der Waals surface area contributed by atoms with E-state index in [0.717, 1.165) is 18.1 Å². The summed E-state index contributed by atoms with van der Waals surface area (Å²) in [6.07, 6.45) is 0. The van der Waals surface area contributed by atoms with Crippen LogP contribution < -0.4 is 10.6 Å². The van der Waals surface area contributed by atoms with E-state index >= 15 is 0 Å². The molecule has 0 saturated carbocycles. The molecular weight excluding hydrogens is 246 g/mol. The van der Waals surface area contributed by atoms with Crippen molar-refractivity contribution in [2.75, 3.05) is 11.4 Å². The van der Waals surface area contributed by atoms with Crippen LogP contribution in [0.1, 0.15) is 33.4 Å². The smallest absolute Gasteiger partial charge is 0.137 e. The van der Waals surface area contributed by atoms with Gasteiger partial charge in [-0.15, -0.1) is 0 Å². The maximum atomic E-state index is 5.81. The quantitative estimate of drug-likeness (QED) is 0.904. The zero-order chi connectivity index (χ0) is 14.7. The molecule has 1 heterocycles. The first-order chi connectivity index (χ1) is 9.52. The molecule has 0 spiro atoms. The number of anilines is 1. The zero-order valence-corrected chi connectivity index (χ0v) is 12.9. The predicted molar refractivity (Wildman–Crippen MR) is 87.0 cm³/mol. The monoisotopic (exact) mass is 271 g/mol. The highest BCUT2D eigenvalue weighted by Crippen LogP contribution is 2.27. The SMILES string of the molecule is CC(C)CN(c1nc(CN)cc2ccccc12)C(C)C. The summed E-state index contributed by atoms with van der Waals surface area (Å²) in [5.41, 5.74) is 6.76. The fourth-order valence-electron chi connectivity index (χ4n) is 2.49. The van der Waals surface area contributed by atoms with Crippen LogP contribution in [0.15, 0.2) is 30.3 Å². The van der Waals surface area contributed by atoms with Crippen molar-refractivity contribution < 1.29 is 0 Å². The van der Waals surface area contributed by atoms with E-state index in [1.54, 1.807) is 0 Å². The molecule has 0 saturated heterocycles. The van der Waals surface area contributed by atoms with Crippen LogP contribution in [0.25, 0.3) is 10.8 Å². The summed E-state index contributed by atoms with van der Waals surface area (Å²) in [6.45, 7) is 10.4. The third-order valence-electron chi connectivity index (χ3n) is 3.44. The van der Waals surface area contributed by atoms with Crippen LogP contribution in [0.4, 0.5) is 5.82 Å². The summed E-state index contributed by atoms with van der Waals surface area (Å²) in [7, 11) is 0. The van der Waals surface area contributed by atoms with E-state index in [0.29, 0.717) is 18.5 Å². The van der Waals surface area contributed by atoms with Gasteiger partial charge in [-0.1, -0.05) is 38.1 Å². The van der Waals surface area contributed by atoms with E-state index in [2.05, 4.69) is 62.9 Å². The average Bonchev–Trinajstić information content (AvgIpc) is 2.43. The van der Waals surface area contributed by atoms with Crippen molar-refractivity contribution in [1.82, 2.24) is 4.98 Å². The molecule has 1 aromatic heterocycles. The van der Waals surface area contributed by atoms with Crippen LogP contribution in [0.2, 0.25) is 0 Å². The fourth-order valence-corrected chi connectivity index (χ4v) is 2.49. The van der Waals surface area contributed by atoms with Gasteiger partial charge in [-0.3, -0.25) is 0 Å². The first kappa shape index (κ1) is 14.8. The summed E-state index contributed by atoms with van der Waals surface area (Å²) in [5, 5.41) is 2.42. The predicted octanol–water partition coefficient (Wildman–Crippen LogP) is 3.56. The van der Waals surface area contributed by atoms with Crippen LogP contribution in [0.3, 0.4) is 0 Å². The van der Waals surface area contributed by atoms with Crippen LogP contribution in [0.5, 0.6) is 0 Å². The summed E-state index contributed by atoms with van der Waals surface area (Å²) >= 11 is 0. The molecule has 20 heavy (non-hydrogen) atoms. The Labute approximate surface area is 121 Å². The number of benzene rings is 1. The average molecular weight is 271 g/mol.